The maximum atomic E-state index is 11.5. The summed E-state index contributed by atoms with van der Waals surface area (Å²) in [6, 6.07) is 6.44. The molecule has 1 rings (SSSR count). The molecule has 0 saturated heterocycles. The third-order valence-corrected chi connectivity index (χ3v) is 3.00. The quantitative estimate of drug-likeness (QED) is 0.585. The van der Waals surface area contributed by atoms with Crippen LogP contribution in [0.4, 0.5) is 0 Å². The lowest BCUT2D eigenvalue weighted by atomic mass is 10.0. The van der Waals surface area contributed by atoms with Gasteiger partial charge in [0.25, 0.3) is 0 Å². The van der Waals surface area contributed by atoms with Gasteiger partial charge in [0.2, 0.25) is 0 Å². The second-order valence-electron chi connectivity index (χ2n) is 4.69. The second-order valence-corrected chi connectivity index (χ2v) is 4.69. The third-order valence-electron chi connectivity index (χ3n) is 3.00. The first-order valence-corrected chi connectivity index (χ1v) is 6.92. The predicted molar refractivity (Wildman–Crippen MR) is 77.7 cm³/mol. The first-order chi connectivity index (χ1) is 10.4. The van der Waals surface area contributed by atoms with Gasteiger partial charge in [0.05, 0.1) is 19.8 Å². The lowest BCUT2D eigenvalue weighted by Crippen LogP contribution is -2.50. The average Bonchev–Trinajstić information content (AvgIpc) is 2.51. The van der Waals surface area contributed by atoms with E-state index in [9.17, 15) is 20.1 Å². The van der Waals surface area contributed by atoms with Gasteiger partial charge in [0, 0.05) is 0 Å². The Bertz CT molecular complexity index is 457. The molecular weight excluding hydrogens is 292 g/mol. The minimum Gasteiger partial charge on any atom is -0.497 e. The number of aliphatic hydroxyl groups is 3. The highest BCUT2D eigenvalue weighted by Crippen LogP contribution is 2.21. The van der Waals surface area contributed by atoms with E-state index in [0.717, 1.165) is 0 Å². The first kappa shape index (κ1) is 18.2. The number of rotatable bonds is 8. The van der Waals surface area contributed by atoms with Crippen molar-refractivity contribution in [3.8, 4) is 11.5 Å². The summed E-state index contributed by atoms with van der Waals surface area (Å²) in [5.41, 5.74) is 0. The Kier molecular flexibility index (Phi) is 7.10. The average molecular weight is 314 g/mol. The molecular formula is C15H22O7. The Morgan fingerprint density at radius 3 is 2.14 bits per heavy atom. The highest BCUT2D eigenvalue weighted by Gasteiger charge is 2.36. The normalized spacial score (nSPS) is 16.3. The number of hydrogen-bond donors (Lipinski definition) is 3. The van der Waals surface area contributed by atoms with Crippen molar-refractivity contribution in [2.24, 2.45) is 0 Å². The molecule has 124 valence electrons. The van der Waals surface area contributed by atoms with Gasteiger partial charge >= 0.3 is 5.97 Å². The summed E-state index contributed by atoms with van der Waals surface area (Å²) < 4.78 is 15.1. The van der Waals surface area contributed by atoms with Crippen LogP contribution in [0.1, 0.15) is 13.8 Å². The molecule has 0 heterocycles. The van der Waals surface area contributed by atoms with Crippen molar-refractivity contribution in [3.05, 3.63) is 24.3 Å². The van der Waals surface area contributed by atoms with Crippen LogP contribution >= 0.6 is 0 Å². The third kappa shape index (κ3) is 4.87. The molecule has 0 aliphatic carbocycles. The van der Waals surface area contributed by atoms with Crippen LogP contribution in [-0.2, 0) is 9.53 Å². The van der Waals surface area contributed by atoms with Crippen molar-refractivity contribution in [1.82, 2.24) is 0 Å². The molecule has 0 aliphatic rings. The minimum absolute atomic E-state index is 0.0707. The van der Waals surface area contributed by atoms with Crippen molar-refractivity contribution in [2.45, 2.75) is 38.3 Å². The number of esters is 1. The van der Waals surface area contributed by atoms with E-state index >= 15 is 0 Å². The summed E-state index contributed by atoms with van der Waals surface area (Å²) in [6.45, 7) is 3.04. The molecule has 0 radical (unpaired) electrons. The molecule has 7 heteroatoms. The molecule has 0 amide bonds. The van der Waals surface area contributed by atoms with Crippen LogP contribution in [0.25, 0.3) is 0 Å². The van der Waals surface area contributed by atoms with Gasteiger partial charge in [-0.3, -0.25) is 0 Å². The fourth-order valence-electron chi connectivity index (χ4n) is 1.81. The standard InChI is InChI=1S/C15H22O7/c1-4-21-15(19)13(18)12(17)14(9(2)16)22-11-7-5-10(20-3)6-8-11/h5-9,12-14,16-18H,4H2,1-3H3/t9-,12-,13-,14+/m1/s1. The Hall–Kier alpha value is -1.83. The number of carbonyl (C=O) groups is 1. The van der Waals surface area contributed by atoms with Crippen LogP contribution < -0.4 is 9.47 Å². The molecule has 7 nitrogen and oxygen atoms in total. The van der Waals surface area contributed by atoms with Gasteiger partial charge in [0.1, 0.15) is 17.6 Å². The maximum Gasteiger partial charge on any atom is 0.337 e. The molecule has 0 bridgehead atoms. The fraction of sp³-hybridized carbons (Fsp3) is 0.533. The topological polar surface area (TPSA) is 105 Å². The number of benzene rings is 1. The minimum atomic E-state index is -1.81. The summed E-state index contributed by atoms with van der Waals surface area (Å²) in [6.07, 6.45) is -5.77. The van der Waals surface area contributed by atoms with E-state index in [1.807, 2.05) is 0 Å². The Morgan fingerprint density at radius 1 is 1.14 bits per heavy atom. The molecule has 0 aromatic heterocycles. The Morgan fingerprint density at radius 2 is 1.68 bits per heavy atom. The number of ether oxygens (including phenoxy) is 3. The number of hydrogen-bond acceptors (Lipinski definition) is 7. The van der Waals surface area contributed by atoms with Gasteiger partial charge in [0.15, 0.2) is 12.2 Å². The Labute approximate surface area is 129 Å². The summed E-state index contributed by atoms with van der Waals surface area (Å²) in [4.78, 5) is 11.5. The molecule has 4 atom stereocenters. The molecule has 0 aliphatic heterocycles. The van der Waals surface area contributed by atoms with E-state index in [2.05, 4.69) is 4.74 Å². The van der Waals surface area contributed by atoms with Gasteiger partial charge in [-0.25, -0.2) is 4.79 Å². The van der Waals surface area contributed by atoms with E-state index in [1.165, 1.54) is 14.0 Å². The monoisotopic (exact) mass is 314 g/mol. The molecule has 0 fully saturated rings. The molecule has 1 aromatic rings. The SMILES string of the molecule is CCOC(=O)[C@H](O)[C@@H](O)[C@@H](Oc1ccc(OC)cc1)[C@@H](C)O. The van der Waals surface area contributed by atoms with Crippen LogP contribution in [0.5, 0.6) is 11.5 Å². The molecule has 0 spiro atoms. The molecule has 3 N–H and O–H groups in total. The largest absolute Gasteiger partial charge is 0.497 e. The van der Waals surface area contributed by atoms with E-state index in [1.54, 1.807) is 31.2 Å². The summed E-state index contributed by atoms with van der Waals surface area (Å²) in [5.74, 6) is -0.00570. The van der Waals surface area contributed by atoms with E-state index in [0.29, 0.717) is 11.5 Å². The van der Waals surface area contributed by atoms with Gasteiger partial charge in [-0.05, 0) is 38.1 Å². The second kappa shape index (κ2) is 8.57. The Balaban J connectivity index is 2.81. The number of aliphatic hydroxyl groups excluding tert-OH is 3. The van der Waals surface area contributed by atoms with Crippen LogP contribution in [0.3, 0.4) is 0 Å². The zero-order valence-electron chi connectivity index (χ0n) is 12.8. The summed E-state index contributed by atoms with van der Waals surface area (Å²) in [7, 11) is 1.52. The number of methoxy groups -OCH3 is 1. The maximum absolute atomic E-state index is 11.5. The molecule has 1 aromatic carbocycles. The van der Waals surface area contributed by atoms with Crippen molar-refractivity contribution in [3.63, 3.8) is 0 Å². The molecule has 0 unspecified atom stereocenters. The van der Waals surface area contributed by atoms with E-state index in [4.69, 9.17) is 9.47 Å². The van der Waals surface area contributed by atoms with Crippen molar-refractivity contribution >= 4 is 5.97 Å². The van der Waals surface area contributed by atoms with Gasteiger partial charge < -0.3 is 29.5 Å². The summed E-state index contributed by atoms with van der Waals surface area (Å²) >= 11 is 0. The highest BCUT2D eigenvalue weighted by atomic mass is 16.6. The van der Waals surface area contributed by atoms with Crippen molar-refractivity contribution in [1.29, 1.82) is 0 Å². The molecule has 22 heavy (non-hydrogen) atoms. The van der Waals surface area contributed by atoms with Crippen LogP contribution in [0, 0.1) is 0 Å². The lowest BCUT2D eigenvalue weighted by Gasteiger charge is -2.28. The zero-order chi connectivity index (χ0) is 16.7. The zero-order valence-corrected chi connectivity index (χ0v) is 12.8. The van der Waals surface area contributed by atoms with Crippen molar-refractivity contribution < 1.29 is 34.3 Å². The molecule has 0 saturated carbocycles. The van der Waals surface area contributed by atoms with Gasteiger partial charge in [-0.15, -0.1) is 0 Å². The van der Waals surface area contributed by atoms with E-state index < -0.39 is 30.4 Å². The highest BCUT2D eigenvalue weighted by molar-refractivity contribution is 5.75. The van der Waals surface area contributed by atoms with Gasteiger partial charge in [-0.1, -0.05) is 0 Å². The van der Waals surface area contributed by atoms with Crippen molar-refractivity contribution in [2.75, 3.05) is 13.7 Å². The fourth-order valence-corrected chi connectivity index (χ4v) is 1.81. The van der Waals surface area contributed by atoms with E-state index in [-0.39, 0.29) is 6.61 Å². The first-order valence-electron chi connectivity index (χ1n) is 6.92. The van der Waals surface area contributed by atoms with Crippen LogP contribution in [0.15, 0.2) is 24.3 Å². The van der Waals surface area contributed by atoms with Gasteiger partial charge in [-0.2, -0.15) is 0 Å². The smallest absolute Gasteiger partial charge is 0.337 e. The lowest BCUT2D eigenvalue weighted by molar-refractivity contribution is -0.166. The predicted octanol–water partition coefficient (Wildman–Crippen LogP) is 0.108. The van der Waals surface area contributed by atoms with Crippen LogP contribution in [0.2, 0.25) is 0 Å². The van der Waals surface area contributed by atoms with Crippen LogP contribution in [-0.4, -0.2) is 59.4 Å². The summed E-state index contributed by atoms with van der Waals surface area (Å²) in [5, 5.41) is 29.5. The number of carbonyl (C=O) groups excluding carboxylic acids is 1.